The number of hydrogen-bond donors (Lipinski definition) is 1. The minimum atomic E-state index is -0.333. The molecule has 0 spiro atoms. The molecule has 6 heteroatoms. The number of thiocarbonyl (C=S) groups is 1. The Morgan fingerprint density at radius 1 is 1.20 bits per heavy atom. The van der Waals surface area contributed by atoms with Crippen LogP contribution in [0.15, 0.2) is 42.5 Å². The summed E-state index contributed by atoms with van der Waals surface area (Å²) in [5.41, 5.74) is 3.09. The highest BCUT2D eigenvalue weighted by Gasteiger charge is 2.28. The van der Waals surface area contributed by atoms with E-state index in [2.05, 4.69) is 5.43 Å². The maximum absolute atomic E-state index is 12.3. The van der Waals surface area contributed by atoms with E-state index in [-0.39, 0.29) is 17.6 Å². The summed E-state index contributed by atoms with van der Waals surface area (Å²) in [4.78, 5) is 23.9. The minimum Gasteiger partial charge on any atom is -0.272 e. The van der Waals surface area contributed by atoms with Crippen LogP contribution < -0.4 is 5.43 Å². The Bertz CT molecular complexity index is 709. The molecule has 100 valence electrons. The molecule has 0 atom stereocenters. The molecule has 4 nitrogen and oxygen atoms in total. The number of hydrazine groups is 1. The van der Waals surface area contributed by atoms with Crippen molar-refractivity contribution in [2.45, 2.75) is 0 Å². The standard InChI is InChI=1S/C14H10N2O2S2/c17-12-8-20-14(19)16(12)15-13(18)11-7-3-5-9-4-1-2-6-10(9)11/h1-7H,8H2,(H,15,18). The zero-order valence-corrected chi connectivity index (χ0v) is 12.0. The number of fused-ring (bicyclic) bond motifs is 1. The Morgan fingerprint density at radius 3 is 2.70 bits per heavy atom. The van der Waals surface area contributed by atoms with Crippen LogP contribution in [-0.4, -0.2) is 26.9 Å². The van der Waals surface area contributed by atoms with E-state index >= 15 is 0 Å². The predicted octanol–water partition coefficient (Wildman–Crippen LogP) is 2.34. The van der Waals surface area contributed by atoms with Crippen molar-refractivity contribution in [1.82, 2.24) is 10.4 Å². The molecule has 0 aliphatic carbocycles. The van der Waals surface area contributed by atoms with Gasteiger partial charge in [-0.05, 0) is 16.8 Å². The lowest BCUT2D eigenvalue weighted by Crippen LogP contribution is -2.45. The van der Waals surface area contributed by atoms with Crippen LogP contribution in [0.5, 0.6) is 0 Å². The topological polar surface area (TPSA) is 49.4 Å². The van der Waals surface area contributed by atoms with Gasteiger partial charge in [-0.2, -0.15) is 0 Å². The van der Waals surface area contributed by atoms with Gasteiger partial charge in [0.15, 0.2) is 4.32 Å². The van der Waals surface area contributed by atoms with Crippen molar-refractivity contribution in [3.8, 4) is 0 Å². The van der Waals surface area contributed by atoms with Gasteiger partial charge in [-0.1, -0.05) is 60.4 Å². The Kier molecular flexibility index (Phi) is 3.42. The quantitative estimate of drug-likeness (QED) is 0.865. The number of carbonyl (C=O) groups is 2. The van der Waals surface area contributed by atoms with Gasteiger partial charge >= 0.3 is 0 Å². The molecular weight excluding hydrogens is 292 g/mol. The van der Waals surface area contributed by atoms with Crippen molar-refractivity contribution in [1.29, 1.82) is 0 Å². The Morgan fingerprint density at radius 2 is 1.95 bits per heavy atom. The highest BCUT2D eigenvalue weighted by molar-refractivity contribution is 8.23. The van der Waals surface area contributed by atoms with Crippen molar-refractivity contribution in [2.75, 3.05) is 5.75 Å². The Hall–Kier alpha value is -1.92. The van der Waals surface area contributed by atoms with Crippen LogP contribution >= 0.6 is 24.0 Å². The van der Waals surface area contributed by atoms with Crippen LogP contribution in [0.2, 0.25) is 0 Å². The zero-order valence-electron chi connectivity index (χ0n) is 10.3. The summed E-state index contributed by atoms with van der Waals surface area (Å²) in [6.45, 7) is 0. The van der Waals surface area contributed by atoms with E-state index in [1.54, 1.807) is 6.07 Å². The molecule has 1 N–H and O–H groups in total. The molecule has 2 aromatic rings. The first-order valence-corrected chi connectivity index (χ1v) is 7.34. The number of benzene rings is 2. The largest absolute Gasteiger partial charge is 0.272 e. The molecule has 1 aliphatic heterocycles. The maximum Gasteiger partial charge on any atom is 0.270 e. The first-order chi connectivity index (χ1) is 9.66. The zero-order chi connectivity index (χ0) is 14.1. The number of thioether (sulfide) groups is 1. The highest BCUT2D eigenvalue weighted by atomic mass is 32.2. The second kappa shape index (κ2) is 5.22. The molecule has 3 rings (SSSR count). The third-order valence-electron chi connectivity index (χ3n) is 3.00. The third-order valence-corrected chi connectivity index (χ3v) is 4.36. The second-order valence-electron chi connectivity index (χ2n) is 4.25. The molecule has 1 aliphatic rings. The van der Waals surface area contributed by atoms with E-state index in [4.69, 9.17) is 12.2 Å². The molecular formula is C14H10N2O2S2. The van der Waals surface area contributed by atoms with Crippen molar-refractivity contribution >= 4 is 50.9 Å². The van der Waals surface area contributed by atoms with Crippen molar-refractivity contribution in [3.05, 3.63) is 48.0 Å². The Balaban J connectivity index is 1.93. The summed E-state index contributed by atoms with van der Waals surface area (Å²) in [6.07, 6.45) is 0. The third kappa shape index (κ3) is 2.28. The van der Waals surface area contributed by atoms with Crippen LogP contribution in [0, 0.1) is 0 Å². The summed E-state index contributed by atoms with van der Waals surface area (Å²) in [6, 6.07) is 13.1. The number of hydrogen-bond acceptors (Lipinski definition) is 4. The predicted molar refractivity (Wildman–Crippen MR) is 83.3 cm³/mol. The van der Waals surface area contributed by atoms with Crippen LogP contribution in [0.4, 0.5) is 0 Å². The normalized spacial score (nSPS) is 14.9. The molecule has 2 amide bonds. The average molecular weight is 302 g/mol. The van der Waals surface area contributed by atoms with Crippen LogP contribution in [-0.2, 0) is 4.79 Å². The van der Waals surface area contributed by atoms with Gasteiger partial charge in [-0.15, -0.1) is 0 Å². The molecule has 1 saturated heterocycles. The molecule has 20 heavy (non-hydrogen) atoms. The SMILES string of the molecule is O=C(NN1C(=O)CSC1=S)c1cccc2ccccc12. The first kappa shape index (κ1) is 13.1. The lowest BCUT2D eigenvalue weighted by atomic mass is 10.0. The van der Waals surface area contributed by atoms with Gasteiger partial charge in [0, 0.05) is 5.56 Å². The minimum absolute atomic E-state index is 0.200. The van der Waals surface area contributed by atoms with Crippen LogP contribution in [0.3, 0.4) is 0 Å². The highest BCUT2D eigenvalue weighted by Crippen LogP contribution is 2.20. The van der Waals surface area contributed by atoms with Gasteiger partial charge in [-0.25, -0.2) is 5.01 Å². The number of nitrogens with zero attached hydrogens (tertiary/aromatic N) is 1. The maximum atomic E-state index is 12.3. The van der Waals surface area contributed by atoms with Crippen LogP contribution in [0.25, 0.3) is 10.8 Å². The van der Waals surface area contributed by atoms with Gasteiger partial charge in [0.2, 0.25) is 0 Å². The fraction of sp³-hybridized carbons (Fsp3) is 0.0714. The smallest absolute Gasteiger partial charge is 0.270 e. The number of rotatable bonds is 2. The molecule has 1 heterocycles. The van der Waals surface area contributed by atoms with E-state index in [0.717, 1.165) is 15.8 Å². The monoisotopic (exact) mass is 302 g/mol. The van der Waals surface area contributed by atoms with Gasteiger partial charge in [0.05, 0.1) is 5.75 Å². The number of amides is 2. The first-order valence-electron chi connectivity index (χ1n) is 5.95. The molecule has 0 unspecified atom stereocenters. The molecule has 0 aromatic heterocycles. The molecule has 0 saturated carbocycles. The average Bonchev–Trinajstić information content (AvgIpc) is 2.78. The summed E-state index contributed by atoms with van der Waals surface area (Å²) in [5.74, 6) is -0.261. The van der Waals surface area contributed by atoms with Gasteiger partial charge in [0.25, 0.3) is 11.8 Å². The lowest BCUT2D eigenvalue weighted by molar-refractivity contribution is -0.125. The van der Waals surface area contributed by atoms with Gasteiger partial charge < -0.3 is 0 Å². The molecule has 0 bridgehead atoms. The summed E-state index contributed by atoms with van der Waals surface area (Å²) < 4.78 is 0.378. The van der Waals surface area contributed by atoms with E-state index < -0.39 is 0 Å². The fourth-order valence-corrected chi connectivity index (χ4v) is 3.02. The van der Waals surface area contributed by atoms with E-state index in [0.29, 0.717) is 9.88 Å². The van der Waals surface area contributed by atoms with Crippen molar-refractivity contribution in [2.24, 2.45) is 0 Å². The van der Waals surface area contributed by atoms with E-state index in [1.165, 1.54) is 11.8 Å². The van der Waals surface area contributed by atoms with E-state index in [1.807, 2.05) is 36.4 Å². The number of nitrogens with one attached hydrogen (secondary N) is 1. The summed E-state index contributed by atoms with van der Waals surface area (Å²) in [5, 5.41) is 2.96. The van der Waals surface area contributed by atoms with E-state index in [9.17, 15) is 9.59 Å². The number of carbonyl (C=O) groups excluding carboxylic acids is 2. The Labute approximate surface area is 125 Å². The summed E-state index contributed by atoms with van der Waals surface area (Å²) >= 11 is 6.28. The van der Waals surface area contributed by atoms with Crippen molar-refractivity contribution < 1.29 is 9.59 Å². The van der Waals surface area contributed by atoms with Gasteiger partial charge in [0.1, 0.15) is 0 Å². The molecule has 2 aromatic carbocycles. The fourth-order valence-electron chi connectivity index (χ4n) is 2.05. The second-order valence-corrected chi connectivity index (χ2v) is 5.86. The molecule has 1 fully saturated rings. The van der Waals surface area contributed by atoms with Crippen LogP contribution in [0.1, 0.15) is 10.4 Å². The van der Waals surface area contributed by atoms with Crippen molar-refractivity contribution in [3.63, 3.8) is 0 Å². The molecule has 0 radical (unpaired) electrons. The lowest BCUT2D eigenvalue weighted by Gasteiger charge is -2.16. The van der Waals surface area contributed by atoms with Gasteiger partial charge in [-0.3, -0.25) is 15.0 Å². The summed E-state index contributed by atoms with van der Waals surface area (Å²) in [7, 11) is 0.